The lowest BCUT2D eigenvalue weighted by Crippen LogP contribution is -2.48. The molecule has 0 bridgehead atoms. The Bertz CT molecular complexity index is 855. The molecule has 5 rings (SSSR count). The largest absolute Gasteiger partial charge is 0.375 e. The topological polar surface area (TPSA) is 52.0 Å². The van der Waals surface area contributed by atoms with Gasteiger partial charge in [-0.1, -0.05) is 18.9 Å². The molecule has 0 amide bonds. The molecule has 2 aromatic rings. The van der Waals surface area contributed by atoms with Crippen LogP contribution in [0.4, 0.5) is 0 Å². The van der Waals surface area contributed by atoms with E-state index in [9.17, 15) is 0 Å². The van der Waals surface area contributed by atoms with E-state index in [0.29, 0.717) is 6.04 Å². The summed E-state index contributed by atoms with van der Waals surface area (Å²) in [6.45, 7) is 6.45. The summed E-state index contributed by atoms with van der Waals surface area (Å²) < 4.78 is 8.63. The van der Waals surface area contributed by atoms with Crippen molar-refractivity contribution < 1.29 is 4.74 Å². The highest BCUT2D eigenvalue weighted by atomic mass is 16.5. The van der Waals surface area contributed by atoms with Crippen LogP contribution in [0.1, 0.15) is 89.1 Å². The summed E-state index contributed by atoms with van der Waals surface area (Å²) >= 11 is 0. The van der Waals surface area contributed by atoms with Crippen molar-refractivity contribution in [3.05, 3.63) is 48.0 Å². The molecule has 3 aliphatic rings. The van der Waals surface area contributed by atoms with Crippen LogP contribution in [0, 0.1) is 0 Å². The molecular formula is C25H36N4O. The number of pyridine rings is 1. The molecule has 2 atom stereocenters. The van der Waals surface area contributed by atoms with E-state index in [1.165, 1.54) is 43.5 Å². The van der Waals surface area contributed by atoms with E-state index in [2.05, 4.69) is 47.1 Å². The fourth-order valence-electron chi connectivity index (χ4n) is 6.32. The Morgan fingerprint density at radius 3 is 2.77 bits per heavy atom. The van der Waals surface area contributed by atoms with Crippen LogP contribution in [-0.4, -0.2) is 33.5 Å². The van der Waals surface area contributed by atoms with Gasteiger partial charge in [-0.05, 0) is 83.5 Å². The third-order valence-electron chi connectivity index (χ3n) is 8.01. The Balaban J connectivity index is 1.33. The molecule has 162 valence electrons. The lowest BCUT2D eigenvalue weighted by molar-refractivity contribution is -0.104. The van der Waals surface area contributed by atoms with Crippen molar-refractivity contribution >= 4 is 0 Å². The van der Waals surface area contributed by atoms with Crippen LogP contribution in [0.25, 0.3) is 0 Å². The van der Waals surface area contributed by atoms with Crippen molar-refractivity contribution in [1.29, 1.82) is 0 Å². The van der Waals surface area contributed by atoms with Crippen LogP contribution in [0.3, 0.4) is 0 Å². The monoisotopic (exact) mass is 408 g/mol. The maximum Gasteiger partial charge on any atom is 0.0691 e. The molecule has 0 aromatic carbocycles. The minimum absolute atomic E-state index is 0.0866. The van der Waals surface area contributed by atoms with Gasteiger partial charge in [-0.15, -0.1) is 0 Å². The molecule has 1 saturated carbocycles. The summed E-state index contributed by atoms with van der Waals surface area (Å²) in [5.74, 6) is 0. The van der Waals surface area contributed by atoms with Gasteiger partial charge < -0.3 is 10.1 Å². The van der Waals surface area contributed by atoms with Gasteiger partial charge in [0, 0.05) is 36.2 Å². The first-order chi connectivity index (χ1) is 14.5. The number of hydrogen-bond donors (Lipinski definition) is 1. The number of nitrogens with one attached hydrogen (secondary N) is 1. The summed E-state index contributed by atoms with van der Waals surface area (Å²) in [7, 11) is 0. The second-order valence-electron chi connectivity index (χ2n) is 10.4. The van der Waals surface area contributed by atoms with E-state index in [1.54, 1.807) is 0 Å². The molecule has 2 aliphatic heterocycles. The lowest BCUT2D eigenvalue weighted by atomic mass is 9.68. The molecular weight excluding hydrogens is 372 g/mol. The number of ether oxygens (including phenoxy) is 1. The van der Waals surface area contributed by atoms with Gasteiger partial charge in [0.15, 0.2) is 0 Å². The van der Waals surface area contributed by atoms with Crippen molar-refractivity contribution in [2.75, 3.05) is 13.2 Å². The van der Waals surface area contributed by atoms with Crippen LogP contribution in [0.15, 0.2) is 36.7 Å². The average Bonchev–Trinajstić information content (AvgIpc) is 3.42. The molecule has 2 aromatic heterocycles. The quantitative estimate of drug-likeness (QED) is 0.765. The number of fused-ring (bicyclic) bond motifs is 1. The van der Waals surface area contributed by atoms with E-state index in [1.807, 2.05) is 18.5 Å². The van der Waals surface area contributed by atoms with E-state index in [4.69, 9.17) is 9.72 Å². The Hall–Kier alpha value is -1.72. The summed E-state index contributed by atoms with van der Waals surface area (Å²) in [6, 6.07) is 9.00. The summed E-state index contributed by atoms with van der Waals surface area (Å²) in [5.41, 5.74) is 2.91. The highest BCUT2D eigenvalue weighted by Crippen LogP contribution is 2.49. The average molecular weight is 409 g/mol. The number of nitrogens with zero attached hydrogens (tertiary/aromatic N) is 3. The van der Waals surface area contributed by atoms with Gasteiger partial charge in [-0.3, -0.25) is 9.67 Å². The van der Waals surface area contributed by atoms with Crippen molar-refractivity contribution in [2.24, 2.45) is 0 Å². The summed E-state index contributed by atoms with van der Waals surface area (Å²) in [6.07, 6.45) is 14.6. The molecule has 1 unspecified atom stereocenters. The van der Waals surface area contributed by atoms with Gasteiger partial charge in [0.25, 0.3) is 0 Å². The third kappa shape index (κ3) is 3.60. The molecule has 1 aliphatic carbocycles. The van der Waals surface area contributed by atoms with Crippen LogP contribution in [0.2, 0.25) is 0 Å². The first-order valence-electron chi connectivity index (χ1n) is 11.9. The maximum absolute atomic E-state index is 6.40. The minimum atomic E-state index is 0.0866. The van der Waals surface area contributed by atoms with Gasteiger partial charge >= 0.3 is 0 Å². The van der Waals surface area contributed by atoms with Gasteiger partial charge in [0.1, 0.15) is 0 Å². The normalized spacial score (nSPS) is 29.7. The lowest BCUT2D eigenvalue weighted by Gasteiger charge is -2.46. The van der Waals surface area contributed by atoms with Gasteiger partial charge in [-0.2, -0.15) is 5.10 Å². The smallest absolute Gasteiger partial charge is 0.0691 e. The maximum atomic E-state index is 6.40. The van der Waals surface area contributed by atoms with E-state index >= 15 is 0 Å². The van der Waals surface area contributed by atoms with Gasteiger partial charge in [0.2, 0.25) is 0 Å². The highest BCUT2D eigenvalue weighted by molar-refractivity contribution is 5.21. The van der Waals surface area contributed by atoms with Crippen molar-refractivity contribution in [3.63, 3.8) is 0 Å². The zero-order valence-electron chi connectivity index (χ0n) is 18.6. The summed E-state index contributed by atoms with van der Waals surface area (Å²) in [4.78, 5) is 4.84. The fourth-order valence-corrected chi connectivity index (χ4v) is 6.32. The van der Waals surface area contributed by atoms with E-state index < -0.39 is 0 Å². The first kappa shape index (κ1) is 20.2. The Labute approximate surface area is 180 Å². The molecule has 1 spiro atoms. The van der Waals surface area contributed by atoms with Crippen molar-refractivity contribution in [1.82, 2.24) is 20.1 Å². The second kappa shape index (κ2) is 7.76. The molecule has 0 radical (unpaired) electrons. The predicted molar refractivity (Wildman–Crippen MR) is 118 cm³/mol. The summed E-state index contributed by atoms with van der Waals surface area (Å²) in [5, 5.41) is 8.51. The predicted octanol–water partition coefficient (Wildman–Crippen LogP) is 4.89. The zero-order valence-corrected chi connectivity index (χ0v) is 18.6. The van der Waals surface area contributed by atoms with Crippen molar-refractivity contribution in [3.8, 4) is 0 Å². The minimum Gasteiger partial charge on any atom is -0.375 e. The first-order valence-corrected chi connectivity index (χ1v) is 11.9. The second-order valence-corrected chi connectivity index (χ2v) is 10.4. The van der Waals surface area contributed by atoms with E-state index in [0.717, 1.165) is 38.8 Å². The standard InChI is InChI=1S/C25H36N4O/c1-23(2)12-8-20(21-9-16-28-29(21)23)26-17-13-24(22-7-3-6-15-27-22)14-18-30-25(19-24)10-4-5-11-25/h3,6-7,9,15-16,20,26H,4-5,8,10-14,17-19H2,1-2H3/t20?,24-/m1/s1. The molecule has 4 heterocycles. The Morgan fingerprint density at radius 2 is 1.97 bits per heavy atom. The van der Waals surface area contributed by atoms with Crippen LogP contribution < -0.4 is 5.32 Å². The van der Waals surface area contributed by atoms with Crippen LogP contribution in [0.5, 0.6) is 0 Å². The number of rotatable bonds is 5. The number of aromatic nitrogens is 3. The Morgan fingerprint density at radius 1 is 1.10 bits per heavy atom. The molecule has 30 heavy (non-hydrogen) atoms. The molecule has 1 saturated heterocycles. The highest BCUT2D eigenvalue weighted by Gasteiger charge is 2.48. The molecule has 1 N–H and O–H groups in total. The number of hydrogen-bond acceptors (Lipinski definition) is 4. The fraction of sp³-hybridized carbons (Fsp3) is 0.680. The molecule has 5 nitrogen and oxygen atoms in total. The molecule has 2 fully saturated rings. The van der Waals surface area contributed by atoms with Crippen LogP contribution >= 0.6 is 0 Å². The van der Waals surface area contributed by atoms with Crippen molar-refractivity contribution in [2.45, 2.75) is 94.2 Å². The van der Waals surface area contributed by atoms with E-state index in [-0.39, 0.29) is 16.6 Å². The van der Waals surface area contributed by atoms with Gasteiger partial charge in [-0.25, -0.2) is 0 Å². The van der Waals surface area contributed by atoms with Gasteiger partial charge in [0.05, 0.1) is 16.8 Å². The van der Waals surface area contributed by atoms with Crippen LogP contribution in [-0.2, 0) is 15.7 Å². The zero-order chi connectivity index (χ0) is 20.7. The third-order valence-corrected chi connectivity index (χ3v) is 8.01. The Kier molecular flexibility index (Phi) is 5.22. The molecule has 5 heteroatoms. The SMILES string of the molecule is CC1(C)CCC(NCC[C@@]2(c3ccccn3)CCOC3(CCCC3)C2)c2ccnn21.